The van der Waals surface area contributed by atoms with Crippen molar-refractivity contribution in [2.24, 2.45) is 0 Å². The van der Waals surface area contributed by atoms with E-state index < -0.39 is 0 Å². The molecule has 0 aliphatic carbocycles. The molecule has 1 aliphatic rings. The van der Waals surface area contributed by atoms with Gasteiger partial charge in [0.05, 0.1) is 5.69 Å². The van der Waals surface area contributed by atoms with Gasteiger partial charge in [-0.2, -0.15) is 0 Å². The van der Waals surface area contributed by atoms with E-state index in [1.165, 1.54) is 12.8 Å². The van der Waals surface area contributed by atoms with Crippen molar-refractivity contribution >= 4 is 5.95 Å². The molecule has 1 atom stereocenters. The Morgan fingerprint density at radius 1 is 1.50 bits per heavy atom. The lowest BCUT2D eigenvalue weighted by atomic mass is 10.2. The number of anilines is 1. The van der Waals surface area contributed by atoms with Crippen molar-refractivity contribution in [2.75, 3.05) is 38.3 Å². The second-order valence-electron chi connectivity index (χ2n) is 5.47. The number of aryl methyl sites for hydroxylation is 2. The molecule has 1 saturated heterocycles. The molecule has 1 aromatic rings. The van der Waals surface area contributed by atoms with Gasteiger partial charge in [-0.15, -0.1) is 0 Å². The molecule has 2 heterocycles. The lowest BCUT2D eigenvalue weighted by molar-refractivity contribution is 0.141. The molecular formula is C15H28N4O. The van der Waals surface area contributed by atoms with Crippen molar-refractivity contribution < 1.29 is 4.74 Å². The minimum Gasteiger partial charge on any atom is -0.382 e. The zero-order chi connectivity index (χ0) is 14.4. The maximum absolute atomic E-state index is 5.43. The predicted molar refractivity (Wildman–Crippen MR) is 82.4 cm³/mol. The smallest absolute Gasteiger partial charge is 0.206 e. The van der Waals surface area contributed by atoms with Crippen LogP contribution in [-0.4, -0.2) is 48.9 Å². The van der Waals surface area contributed by atoms with Gasteiger partial charge in [-0.1, -0.05) is 0 Å². The van der Waals surface area contributed by atoms with E-state index in [1.807, 2.05) is 14.0 Å². The maximum atomic E-state index is 5.43. The first-order chi connectivity index (χ1) is 9.76. The third kappa shape index (κ3) is 3.73. The Morgan fingerprint density at radius 2 is 2.35 bits per heavy atom. The van der Waals surface area contributed by atoms with Gasteiger partial charge in [0, 0.05) is 45.1 Å². The summed E-state index contributed by atoms with van der Waals surface area (Å²) in [4.78, 5) is 7.21. The second kappa shape index (κ2) is 7.64. The normalized spacial score (nSPS) is 18.9. The van der Waals surface area contributed by atoms with E-state index in [9.17, 15) is 0 Å². The standard InChI is InChI=1S/C15H28N4O/c1-4-20-10-6-8-18-12-13(2)17-15(18)19-9-5-7-14(19)11-16-3/h12,14,16H,4-11H2,1-3H3. The fourth-order valence-electron chi connectivity index (χ4n) is 2.96. The Kier molecular flexibility index (Phi) is 5.86. The maximum Gasteiger partial charge on any atom is 0.206 e. The summed E-state index contributed by atoms with van der Waals surface area (Å²) in [6.07, 6.45) is 5.72. The van der Waals surface area contributed by atoms with E-state index in [-0.39, 0.29) is 0 Å². The van der Waals surface area contributed by atoms with Crippen LogP contribution < -0.4 is 10.2 Å². The van der Waals surface area contributed by atoms with Gasteiger partial charge >= 0.3 is 0 Å². The highest BCUT2D eigenvalue weighted by Crippen LogP contribution is 2.25. The molecular weight excluding hydrogens is 252 g/mol. The van der Waals surface area contributed by atoms with Crippen LogP contribution in [0.5, 0.6) is 0 Å². The Hall–Kier alpha value is -1.07. The summed E-state index contributed by atoms with van der Waals surface area (Å²) in [7, 11) is 2.02. The molecule has 0 bridgehead atoms. The number of likely N-dealkylation sites (N-methyl/N-ethyl adjacent to an activating group) is 1. The number of imidazole rings is 1. The molecule has 5 heteroatoms. The van der Waals surface area contributed by atoms with Gasteiger partial charge in [-0.3, -0.25) is 0 Å². The van der Waals surface area contributed by atoms with Crippen molar-refractivity contribution in [3.63, 3.8) is 0 Å². The van der Waals surface area contributed by atoms with Crippen LogP contribution in [0.15, 0.2) is 6.20 Å². The van der Waals surface area contributed by atoms with Crippen molar-refractivity contribution in [1.82, 2.24) is 14.9 Å². The molecule has 0 saturated carbocycles. The first kappa shape index (κ1) is 15.3. The van der Waals surface area contributed by atoms with E-state index in [1.54, 1.807) is 0 Å². The number of hydrogen-bond donors (Lipinski definition) is 1. The third-order valence-corrected chi connectivity index (χ3v) is 3.84. The van der Waals surface area contributed by atoms with E-state index in [2.05, 4.69) is 27.9 Å². The molecule has 1 unspecified atom stereocenters. The zero-order valence-electron chi connectivity index (χ0n) is 13.1. The number of rotatable bonds is 8. The van der Waals surface area contributed by atoms with Crippen LogP contribution in [0.3, 0.4) is 0 Å². The predicted octanol–water partition coefficient (Wildman–Crippen LogP) is 1.81. The minimum absolute atomic E-state index is 0.576. The van der Waals surface area contributed by atoms with Crippen LogP contribution in [0, 0.1) is 6.92 Å². The first-order valence-electron chi connectivity index (χ1n) is 7.79. The molecule has 1 aliphatic heterocycles. The fourth-order valence-corrected chi connectivity index (χ4v) is 2.96. The van der Waals surface area contributed by atoms with Crippen LogP contribution in [0.1, 0.15) is 31.9 Å². The SMILES string of the molecule is CCOCCCn1cc(C)nc1N1CCCC1CNC. The van der Waals surface area contributed by atoms with Crippen LogP contribution >= 0.6 is 0 Å². The second-order valence-corrected chi connectivity index (χ2v) is 5.47. The van der Waals surface area contributed by atoms with Gasteiger partial charge in [0.2, 0.25) is 5.95 Å². The molecule has 2 rings (SSSR count). The van der Waals surface area contributed by atoms with Gasteiger partial charge in [-0.05, 0) is 40.2 Å². The summed E-state index contributed by atoms with van der Waals surface area (Å²) in [5, 5.41) is 3.30. The van der Waals surface area contributed by atoms with Crippen molar-refractivity contribution in [2.45, 2.75) is 45.7 Å². The molecule has 0 aromatic carbocycles. The highest BCUT2D eigenvalue weighted by atomic mass is 16.5. The first-order valence-corrected chi connectivity index (χ1v) is 7.79. The monoisotopic (exact) mass is 280 g/mol. The zero-order valence-corrected chi connectivity index (χ0v) is 13.1. The molecule has 0 spiro atoms. The molecule has 20 heavy (non-hydrogen) atoms. The summed E-state index contributed by atoms with van der Waals surface area (Å²) < 4.78 is 7.72. The van der Waals surface area contributed by atoms with Gasteiger partial charge < -0.3 is 19.5 Å². The molecule has 0 radical (unpaired) electrons. The lowest BCUT2D eigenvalue weighted by Crippen LogP contribution is -2.38. The number of nitrogens with one attached hydrogen (secondary N) is 1. The number of hydrogen-bond acceptors (Lipinski definition) is 4. The quantitative estimate of drug-likeness (QED) is 0.738. The summed E-state index contributed by atoms with van der Waals surface area (Å²) >= 11 is 0. The van der Waals surface area contributed by atoms with Crippen LogP contribution in [-0.2, 0) is 11.3 Å². The Balaban J connectivity index is 2.02. The van der Waals surface area contributed by atoms with Crippen LogP contribution in [0.4, 0.5) is 5.95 Å². The Morgan fingerprint density at radius 3 is 3.10 bits per heavy atom. The number of nitrogens with zero attached hydrogens (tertiary/aromatic N) is 3. The van der Waals surface area contributed by atoms with Gasteiger partial charge in [-0.25, -0.2) is 4.98 Å². The topological polar surface area (TPSA) is 42.3 Å². The van der Waals surface area contributed by atoms with E-state index in [0.29, 0.717) is 6.04 Å². The summed E-state index contributed by atoms with van der Waals surface area (Å²) in [5.74, 6) is 1.14. The van der Waals surface area contributed by atoms with E-state index >= 15 is 0 Å². The average Bonchev–Trinajstić information content (AvgIpc) is 3.01. The molecule has 1 N–H and O–H groups in total. The molecule has 114 valence electrons. The number of ether oxygens (including phenoxy) is 1. The van der Waals surface area contributed by atoms with Crippen molar-refractivity contribution in [3.05, 3.63) is 11.9 Å². The lowest BCUT2D eigenvalue weighted by Gasteiger charge is -2.26. The van der Waals surface area contributed by atoms with Gasteiger partial charge in [0.25, 0.3) is 0 Å². The van der Waals surface area contributed by atoms with Gasteiger partial charge in [0.1, 0.15) is 0 Å². The van der Waals surface area contributed by atoms with Crippen LogP contribution in [0.25, 0.3) is 0 Å². The third-order valence-electron chi connectivity index (χ3n) is 3.84. The molecule has 0 amide bonds. The highest BCUT2D eigenvalue weighted by molar-refractivity contribution is 5.37. The molecule has 1 aromatic heterocycles. The van der Waals surface area contributed by atoms with Gasteiger partial charge in [0.15, 0.2) is 0 Å². The average molecular weight is 280 g/mol. The Bertz CT molecular complexity index is 405. The summed E-state index contributed by atoms with van der Waals surface area (Å²) in [5.41, 5.74) is 1.10. The Labute approximate surface area is 122 Å². The molecule has 1 fully saturated rings. The minimum atomic E-state index is 0.576. The summed E-state index contributed by atoms with van der Waals surface area (Å²) in [6, 6.07) is 0.576. The fraction of sp³-hybridized carbons (Fsp3) is 0.800. The van der Waals surface area contributed by atoms with Crippen molar-refractivity contribution in [1.29, 1.82) is 0 Å². The highest BCUT2D eigenvalue weighted by Gasteiger charge is 2.27. The summed E-state index contributed by atoms with van der Waals surface area (Å²) in [6.45, 7) is 8.88. The largest absolute Gasteiger partial charge is 0.382 e. The molecule has 5 nitrogen and oxygen atoms in total. The van der Waals surface area contributed by atoms with Crippen LogP contribution in [0.2, 0.25) is 0 Å². The van der Waals surface area contributed by atoms with E-state index in [4.69, 9.17) is 9.72 Å². The van der Waals surface area contributed by atoms with E-state index in [0.717, 1.165) is 50.9 Å². The van der Waals surface area contributed by atoms with Crippen molar-refractivity contribution in [3.8, 4) is 0 Å². The number of aromatic nitrogens is 2.